The van der Waals surface area contributed by atoms with Crippen molar-refractivity contribution in [3.63, 3.8) is 0 Å². The molecule has 1 aliphatic rings. The summed E-state index contributed by atoms with van der Waals surface area (Å²) in [5.74, 6) is 0.0465. The zero-order chi connectivity index (χ0) is 18.6. The van der Waals surface area contributed by atoms with E-state index in [1.165, 1.54) is 33.5 Å². The fourth-order valence-electron chi connectivity index (χ4n) is 3.15. The number of nitrogens with one attached hydrogen (secondary N) is 1. The smallest absolute Gasteiger partial charge is 0.329 e. The summed E-state index contributed by atoms with van der Waals surface area (Å²) < 4.78 is 15.7. The van der Waals surface area contributed by atoms with Crippen LogP contribution in [0.4, 0.5) is 0 Å². The van der Waals surface area contributed by atoms with Crippen molar-refractivity contribution in [3.05, 3.63) is 17.7 Å². The molecular weight excluding hydrogens is 326 g/mol. The fraction of sp³-hybridized carbons (Fsp3) is 0.556. The van der Waals surface area contributed by atoms with Crippen molar-refractivity contribution in [2.24, 2.45) is 5.92 Å². The number of benzene rings is 1. The van der Waals surface area contributed by atoms with E-state index in [0.29, 0.717) is 36.0 Å². The van der Waals surface area contributed by atoms with E-state index in [9.17, 15) is 14.7 Å². The molecule has 0 saturated heterocycles. The molecule has 0 radical (unpaired) electrons. The van der Waals surface area contributed by atoms with E-state index in [1.54, 1.807) is 0 Å². The summed E-state index contributed by atoms with van der Waals surface area (Å²) in [7, 11) is 4.39. The molecule has 2 N–H and O–H groups in total. The van der Waals surface area contributed by atoms with Crippen molar-refractivity contribution in [1.82, 2.24) is 5.32 Å². The van der Waals surface area contributed by atoms with Gasteiger partial charge in [0.25, 0.3) is 5.91 Å². The lowest BCUT2D eigenvalue weighted by Crippen LogP contribution is -2.56. The molecular formula is C18H25NO6. The van der Waals surface area contributed by atoms with E-state index < -0.39 is 17.4 Å². The Kier molecular flexibility index (Phi) is 5.77. The van der Waals surface area contributed by atoms with Crippen LogP contribution in [0.25, 0.3) is 0 Å². The molecule has 0 atom stereocenters. The molecule has 1 amide bonds. The number of hydrogen-bond acceptors (Lipinski definition) is 5. The van der Waals surface area contributed by atoms with Gasteiger partial charge in [-0.3, -0.25) is 4.79 Å². The van der Waals surface area contributed by atoms with Crippen LogP contribution in [0.1, 0.15) is 43.0 Å². The third-order valence-electron chi connectivity index (χ3n) is 4.82. The quantitative estimate of drug-likeness (QED) is 0.818. The molecule has 1 fully saturated rings. The normalized spacial score (nSPS) is 22.8. The maximum Gasteiger partial charge on any atom is 0.329 e. The number of hydrogen-bond donors (Lipinski definition) is 2. The zero-order valence-corrected chi connectivity index (χ0v) is 15.0. The van der Waals surface area contributed by atoms with Crippen LogP contribution in [-0.4, -0.2) is 43.9 Å². The maximum absolute atomic E-state index is 12.7. The Balaban J connectivity index is 2.32. The van der Waals surface area contributed by atoms with E-state index in [4.69, 9.17) is 14.2 Å². The summed E-state index contributed by atoms with van der Waals surface area (Å²) in [6.45, 7) is 2.09. The molecule has 1 saturated carbocycles. The van der Waals surface area contributed by atoms with Crippen molar-refractivity contribution in [1.29, 1.82) is 0 Å². The summed E-state index contributed by atoms with van der Waals surface area (Å²) in [5.41, 5.74) is -0.974. The number of methoxy groups -OCH3 is 3. The first kappa shape index (κ1) is 18.9. The first-order valence-electron chi connectivity index (χ1n) is 8.22. The molecule has 138 valence electrons. The van der Waals surface area contributed by atoms with Crippen molar-refractivity contribution in [3.8, 4) is 17.2 Å². The minimum absolute atomic E-state index is 0.258. The number of rotatable bonds is 6. The molecule has 0 heterocycles. The summed E-state index contributed by atoms with van der Waals surface area (Å²) in [6, 6.07) is 3.02. The molecule has 1 aliphatic carbocycles. The molecule has 7 heteroatoms. The maximum atomic E-state index is 12.7. The summed E-state index contributed by atoms with van der Waals surface area (Å²) in [4.78, 5) is 24.5. The highest BCUT2D eigenvalue weighted by atomic mass is 16.5. The van der Waals surface area contributed by atoms with Crippen molar-refractivity contribution >= 4 is 11.9 Å². The molecule has 25 heavy (non-hydrogen) atoms. The van der Waals surface area contributed by atoms with Gasteiger partial charge >= 0.3 is 5.97 Å². The van der Waals surface area contributed by atoms with Crippen LogP contribution in [0, 0.1) is 5.92 Å². The van der Waals surface area contributed by atoms with E-state index in [1.807, 2.05) is 0 Å². The predicted octanol–water partition coefficient (Wildman–Crippen LogP) is 2.48. The third-order valence-corrected chi connectivity index (χ3v) is 4.82. The number of amides is 1. The fourth-order valence-corrected chi connectivity index (χ4v) is 3.15. The van der Waals surface area contributed by atoms with E-state index >= 15 is 0 Å². The van der Waals surface area contributed by atoms with Crippen LogP contribution in [0.3, 0.4) is 0 Å². The van der Waals surface area contributed by atoms with Crippen LogP contribution in [0.2, 0.25) is 0 Å². The van der Waals surface area contributed by atoms with Gasteiger partial charge < -0.3 is 24.6 Å². The van der Waals surface area contributed by atoms with Gasteiger partial charge in [0.15, 0.2) is 11.5 Å². The minimum Gasteiger partial charge on any atom is -0.493 e. The monoisotopic (exact) mass is 351 g/mol. The second-order valence-corrected chi connectivity index (χ2v) is 6.44. The standard InChI is InChI=1S/C18H25NO6/c1-11-5-7-18(8-6-11,17(21)22)19-16(20)12-9-13(23-2)15(25-4)14(10-12)24-3/h9-11H,5-8H2,1-4H3,(H,19,20)(H,21,22). The largest absolute Gasteiger partial charge is 0.493 e. The van der Waals surface area contributed by atoms with Crippen LogP contribution >= 0.6 is 0 Å². The van der Waals surface area contributed by atoms with Gasteiger partial charge in [-0.15, -0.1) is 0 Å². The summed E-state index contributed by atoms with van der Waals surface area (Å²) >= 11 is 0. The van der Waals surface area contributed by atoms with Crippen LogP contribution in [0.15, 0.2) is 12.1 Å². The van der Waals surface area contributed by atoms with Crippen molar-refractivity contribution in [2.75, 3.05) is 21.3 Å². The average molecular weight is 351 g/mol. The number of carboxylic acid groups (broad SMARTS) is 1. The molecule has 0 unspecified atom stereocenters. The number of carbonyl (C=O) groups excluding carboxylic acids is 1. The number of aliphatic carboxylic acids is 1. The Labute approximate surface area is 147 Å². The van der Waals surface area contributed by atoms with Gasteiger partial charge in [-0.2, -0.15) is 0 Å². The highest BCUT2D eigenvalue weighted by Gasteiger charge is 2.42. The van der Waals surface area contributed by atoms with E-state index in [0.717, 1.165) is 12.8 Å². The van der Waals surface area contributed by atoms with Gasteiger partial charge in [-0.25, -0.2) is 4.79 Å². The Bertz CT molecular complexity index is 624. The van der Waals surface area contributed by atoms with Crippen molar-refractivity contribution in [2.45, 2.75) is 38.1 Å². The van der Waals surface area contributed by atoms with Crippen LogP contribution in [-0.2, 0) is 4.79 Å². The Hall–Kier alpha value is -2.44. The number of carboxylic acids is 1. The predicted molar refractivity (Wildman–Crippen MR) is 91.6 cm³/mol. The van der Waals surface area contributed by atoms with Gasteiger partial charge in [0.05, 0.1) is 21.3 Å². The van der Waals surface area contributed by atoms with Gasteiger partial charge in [0, 0.05) is 5.56 Å². The molecule has 0 bridgehead atoms. The SMILES string of the molecule is COc1cc(C(=O)NC2(C(=O)O)CCC(C)CC2)cc(OC)c1OC. The van der Waals surface area contributed by atoms with Crippen molar-refractivity contribution < 1.29 is 28.9 Å². The van der Waals surface area contributed by atoms with Crippen LogP contribution < -0.4 is 19.5 Å². The van der Waals surface area contributed by atoms with Gasteiger partial charge in [0.1, 0.15) is 5.54 Å². The second kappa shape index (κ2) is 7.63. The average Bonchev–Trinajstić information content (AvgIpc) is 2.62. The first-order valence-corrected chi connectivity index (χ1v) is 8.22. The zero-order valence-electron chi connectivity index (χ0n) is 15.0. The molecule has 1 aromatic carbocycles. The molecule has 1 aromatic rings. The third kappa shape index (κ3) is 3.81. The van der Waals surface area contributed by atoms with E-state index in [2.05, 4.69) is 12.2 Å². The molecule has 0 spiro atoms. The van der Waals surface area contributed by atoms with Crippen LogP contribution in [0.5, 0.6) is 17.2 Å². The lowest BCUT2D eigenvalue weighted by molar-refractivity contribution is -0.146. The second-order valence-electron chi connectivity index (χ2n) is 6.44. The van der Waals surface area contributed by atoms with E-state index in [-0.39, 0.29) is 5.56 Å². The van der Waals surface area contributed by atoms with Gasteiger partial charge in [0.2, 0.25) is 5.75 Å². The first-order chi connectivity index (χ1) is 11.9. The molecule has 7 nitrogen and oxygen atoms in total. The number of ether oxygens (including phenoxy) is 3. The Morgan fingerprint density at radius 1 is 1.08 bits per heavy atom. The lowest BCUT2D eigenvalue weighted by Gasteiger charge is -2.36. The number of carbonyl (C=O) groups is 2. The molecule has 0 aliphatic heterocycles. The summed E-state index contributed by atoms with van der Waals surface area (Å²) in [5, 5.41) is 12.4. The highest BCUT2D eigenvalue weighted by Crippen LogP contribution is 2.39. The Morgan fingerprint density at radius 3 is 2.00 bits per heavy atom. The topological polar surface area (TPSA) is 94.1 Å². The van der Waals surface area contributed by atoms with Gasteiger partial charge in [-0.05, 0) is 43.7 Å². The van der Waals surface area contributed by atoms with Gasteiger partial charge in [-0.1, -0.05) is 6.92 Å². The summed E-state index contributed by atoms with van der Waals surface area (Å²) in [6.07, 6.45) is 2.36. The molecule has 0 aromatic heterocycles. The minimum atomic E-state index is -1.23. The Morgan fingerprint density at radius 2 is 1.60 bits per heavy atom. The lowest BCUT2D eigenvalue weighted by atomic mass is 9.77. The highest BCUT2D eigenvalue weighted by molar-refractivity contribution is 5.99. The molecule has 2 rings (SSSR count).